The van der Waals surface area contributed by atoms with Crippen molar-refractivity contribution in [1.82, 2.24) is 14.7 Å². The number of hydrogen-bond donors (Lipinski definition) is 2. The van der Waals surface area contributed by atoms with Crippen LogP contribution in [0.2, 0.25) is 0 Å². The summed E-state index contributed by atoms with van der Waals surface area (Å²) in [5, 5.41) is -0.338. The number of carbonyl (C=O) groups excluding carboxylic acids is 2. The topological polar surface area (TPSA) is 122 Å². The van der Waals surface area contributed by atoms with Gasteiger partial charge >= 0.3 is 0 Å². The monoisotopic (exact) mass is 256 g/mol. The Hall–Kier alpha value is -2.00. The zero-order valence-electron chi connectivity index (χ0n) is 8.45. The fourth-order valence-electron chi connectivity index (χ4n) is 1.44. The molecule has 0 saturated carbocycles. The normalized spacial score (nSPS) is 16.8. The molecule has 8 nitrogen and oxygen atoms in total. The number of sulfonamides is 1. The molecule has 2 amide bonds. The molecular weight excluding hydrogens is 248 g/mol. The van der Waals surface area contributed by atoms with Crippen LogP contribution in [0.25, 0.3) is 0 Å². The molecule has 2 heterocycles. The van der Waals surface area contributed by atoms with Crippen LogP contribution < -0.4 is 11.3 Å². The molecule has 0 aliphatic carbocycles. The Bertz CT molecular complexity index is 597. The Morgan fingerprint density at radius 1 is 1.53 bits per heavy atom. The van der Waals surface area contributed by atoms with Gasteiger partial charge in [0.1, 0.15) is 6.54 Å². The van der Waals surface area contributed by atoms with Crippen LogP contribution in [0.1, 0.15) is 10.4 Å². The lowest BCUT2D eigenvalue weighted by atomic mass is 10.3. The van der Waals surface area contributed by atoms with Crippen LogP contribution in [-0.2, 0) is 14.8 Å². The van der Waals surface area contributed by atoms with E-state index in [1.54, 1.807) is 5.43 Å². The van der Waals surface area contributed by atoms with Crippen LogP contribution in [-0.4, -0.2) is 36.1 Å². The number of hydrazine groups is 1. The van der Waals surface area contributed by atoms with Gasteiger partial charge in [-0.2, -0.15) is 8.42 Å². The van der Waals surface area contributed by atoms with Crippen LogP contribution >= 0.6 is 0 Å². The summed E-state index contributed by atoms with van der Waals surface area (Å²) in [7, 11) is -4.04. The van der Waals surface area contributed by atoms with Crippen molar-refractivity contribution in [3.63, 3.8) is 0 Å². The molecule has 0 fully saturated rings. The first-order valence-corrected chi connectivity index (χ1v) is 5.94. The quantitative estimate of drug-likeness (QED) is 0.366. The molecule has 0 atom stereocenters. The molecule has 1 aromatic heterocycles. The Balaban J connectivity index is 2.48. The molecule has 0 bridgehead atoms. The highest BCUT2D eigenvalue weighted by atomic mass is 32.2. The van der Waals surface area contributed by atoms with Crippen molar-refractivity contribution in [3.05, 3.63) is 23.9 Å². The first-order chi connectivity index (χ1) is 7.98. The Morgan fingerprint density at radius 3 is 2.82 bits per heavy atom. The average Bonchev–Trinajstić information content (AvgIpc) is 2.51. The fourth-order valence-corrected chi connectivity index (χ4v) is 2.88. The smallest absolute Gasteiger partial charge is 0.285 e. The van der Waals surface area contributed by atoms with Crippen molar-refractivity contribution in [2.75, 3.05) is 6.54 Å². The van der Waals surface area contributed by atoms with Gasteiger partial charge in [-0.25, -0.2) is 15.1 Å². The predicted molar refractivity (Wildman–Crippen MR) is 54.8 cm³/mol. The number of carbonyl (C=O) groups is 2. The number of nitrogens with zero attached hydrogens (tertiary/aromatic N) is 2. The molecule has 0 radical (unpaired) electrons. The second kappa shape index (κ2) is 3.79. The van der Waals surface area contributed by atoms with Crippen LogP contribution in [0, 0.1) is 0 Å². The molecule has 17 heavy (non-hydrogen) atoms. The Labute approximate surface area is 96.4 Å². The summed E-state index contributed by atoms with van der Waals surface area (Å²) in [6, 6.07) is 2.78. The summed E-state index contributed by atoms with van der Waals surface area (Å²) in [5.41, 5.74) is 1.72. The molecule has 1 aliphatic heterocycles. The van der Waals surface area contributed by atoms with Crippen molar-refractivity contribution in [2.24, 2.45) is 5.84 Å². The summed E-state index contributed by atoms with van der Waals surface area (Å²) in [6.45, 7) is -0.659. The average molecular weight is 256 g/mol. The zero-order chi connectivity index (χ0) is 12.6. The van der Waals surface area contributed by atoms with Crippen molar-refractivity contribution < 1.29 is 18.0 Å². The van der Waals surface area contributed by atoms with E-state index in [1.165, 1.54) is 18.3 Å². The van der Waals surface area contributed by atoms with Crippen LogP contribution in [0.5, 0.6) is 0 Å². The van der Waals surface area contributed by atoms with E-state index < -0.39 is 28.4 Å². The number of aromatic nitrogens is 1. The van der Waals surface area contributed by atoms with Gasteiger partial charge < -0.3 is 0 Å². The highest BCUT2D eigenvalue weighted by Gasteiger charge is 2.43. The first kappa shape index (κ1) is 11.5. The highest BCUT2D eigenvalue weighted by molar-refractivity contribution is 7.90. The molecule has 0 unspecified atom stereocenters. The summed E-state index contributed by atoms with van der Waals surface area (Å²) in [4.78, 5) is 26.4. The SMILES string of the molecule is NNC(=O)CN1C(=O)c2cccnc2S1(=O)=O. The third-order valence-corrected chi connectivity index (χ3v) is 3.90. The minimum atomic E-state index is -4.04. The predicted octanol–water partition coefficient (Wildman–Crippen LogP) is -1.78. The maximum Gasteiger partial charge on any atom is 0.285 e. The summed E-state index contributed by atoms with van der Waals surface area (Å²) in [5.74, 6) is 3.28. The number of rotatable bonds is 2. The van der Waals surface area contributed by atoms with E-state index in [-0.39, 0.29) is 10.6 Å². The summed E-state index contributed by atoms with van der Waals surface area (Å²) < 4.78 is 24.2. The summed E-state index contributed by atoms with van der Waals surface area (Å²) >= 11 is 0. The van der Waals surface area contributed by atoms with E-state index in [1.807, 2.05) is 0 Å². The van der Waals surface area contributed by atoms with Crippen molar-refractivity contribution >= 4 is 21.8 Å². The van der Waals surface area contributed by atoms with Gasteiger partial charge in [-0.05, 0) is 12.1 Å². The number of nitrogens with two attached hydrogens (primary N) is 1. The highest BCUT2D eigenvalue weighted by Crippen LogP contribution is 2.27. The first-order valence-electron chi connectivity index (χ1n) is 4.50. The standard InChI is InChI=1S/C8H8N4O4S/c9-11-6(13)4-12-8(14)5-2-1-3-10-7(5)17(12,15)16/h1-3H,4,9H2,(H,11,13). The number of fused-ring (bicyclic) bond motifs is 1. The molecule has 0 aromatic carbocycles. The Morgan fingerprint density at radius 2 is 2.24 bits per heavy atom. The van der Waals surface area contributed by atoms with Gasteiger partial charge in [0.15, 0.2) is 5.03 Å². The molecule has 2 rings (SSSR count). The van der Waals surface area contributed by atoms with Crippen LogP contribution in [0.3, 0.4) is 0 Å². The lowest BCUT2D eigenvalue weighted by molar-refractivity contribution is -0.121. The van der Waals surface area contributed by atoms with E-state index in [4.69, 9.17) is 5.84 Å². The molecular formula is C8H8N4O4S. The van der Waals surface area contributed by atoms with Gasteiger partial charge in [0, 0.05) is 6.20 Å². The van der Waals surface area contributed by atoms with E-state index >= 15 is 0 Å². The van der Waals surface area contributed by atoms with Crippen molar-refractivity contribution in [1.29, 1.82) is 0 Å². The number of hydrogen-bond acceptors (Lipinski definition) is 6. The third kappa shape index (κ3) is 1.65. The van der Waals surface area contributed by atoms with Gasteiger partial charge in [-0.1, -0.05) is 0 Å². The summed E-state index contributed by atoms with van der Waals surface area (Å²) in [6.07, 6.45) is 1.26. The largest absolute Gasteiger partial charge is 0.293 e. The molecule has 1 aromatic rings. The lowest BCUT2D eigenvalue weighted by Gasteiger charge is -2.12. The maximum atomic E-state index is 11.9. The number of nitrogens with one attached hydrogen (secondary N) is 1. The second-order valence-electron chi connectivity index (χ2n) is 3.24. The fraction of sp³-hybridized carbons (Fsp3) is 0.125. The lowest BCUT2D eigenvalue weighted by Crippen LogP contribution is -2.42. The van der Waals surface area contributed by atoms with E-state index in [2.05, 4.69) is 4.98 Å². The maximum absolute atomic E-state index is 11.9. The minimum absolute atomic E-state index is 0.0441. The van der Waals surface area contributed by atoms with Gasteiger partial charge in [-0.15, -0.1) is 0 Å². The molecule has 9 heteroatoms. The molecule has 1 aliphatic rings. The Kier molecular flexibility index (Phi) is 2.56. The molecule has 0 spiro atoms. The van der Waals surface area contributed by atoms with E-state index in [0.29, 0.717) is 4.31 Å². The minimum Gasteiger partial charge on any atom is -0.293 e. The van der Waals surface area contributed by atoms with Gasteiger partial charge in [0.05, 0.1) is 5.56 Å². The second-order valence-corrected chi connectivity index (χ2v) is 5.02. The van der Waals surface area contributed by atoms with Gasteiger partial charge in [0.25, 0.3) is 21.8 Å². The van der Waals surface area contributed by atoms with E-state index in [9.17, 15) is 18.0 Å². The van der Waals surface area contributed by atoms with Gasteiger partial charge in [-0.3, -0.25) is 15.0 Å². The van der Waals surface area contributed by atoms with Crippen LogP contribution in [0.4, 0.5) is 0 Å². The number of pyridine rings is 1. The van der Waals surface area contributed by atoms with Crippen LogP contribution in [0.15, 0.2) is 23.4 Å². The third-order valence-electron chi connectivity index (χ3n) is 2.21. The number of amides is 2. The molecule has 0 saturated heterocycles. The molecule has 3 N–H and O–H groups in total. The van der Waals surface area contributed by atoms with Crippen molar-refractivity contribution in [3.8, 4) is 0 Å². The van der Waals surface area contributed by atoms with Crippen molar-refractivity contribution in [2.45, 2.75) is 5.03 Å². The van der Waals surface area contributed by atoms with Gasteiger partial charge in [0.2, 0.25) is 0 Å². The zero-order valence-corrected chi connectivity index (χ0v) is 9.27. The van der Waals surface area contributed by atoms with E-state index in [0.717, 1.165) is 0 Å². The molecule has 90 valence electrons.